The molecule has 2 aliphatic heterocycles. The molecule has 2 saturated heterocycles. The molecule has 0 aliphatic carbocycles. The molecule has 0 unspecified atom stereocenters. The Labute approximate surface area is 241 Å². The van der Waals surface area contributed by atoms with E-state index < -0.39 is 0 Å². The van der Waals surface area contributed by atoms with Crippen molar-refractivity contribution in [3.8, 4) is 0 Å². The number of aromatic nitrogens is 1. The topological polar surface area (TPSA) is 104 Å². The molecule has 3 aromatic rings. The second-order valence-corrected chi connectivity index (χ2v) is 10.3. The number of morpholine rings is 2. The van der Waals surface area contributed by atoms with Gasteiger partial charge < -0.3 is 19.3 Å². The molecule has 41 heavy (non-hydrogen) atoms. The van der Waals surface area contributed by atoms with Crippen LogP contribution in [0.4, 0.5) is 5.88 Å². The molecule has 0 atom stereocenters. The maximum atomic E-state index is 12.8. The zero-order valence-corrected chi connectivity index (χ0v) is 23.6. The van der Waals surface area contributed by atoms with Crippen LogP contribution in [0.5, 0.6) is 0 Å². The number of hydrogen-bond acceptors (Lipinski definition) is 8. The van der Waals surface area contributed by atoms with E-state index in [1.165, 1.54) is 0 Å². The highest BCUT2D eigenvalue weighted by Gasteiger charge is 2.14. The van der Waals surface area contributed by atoms with Crippen LogP contribution in [0.25, 0.3) is 0 Å². The van der Waals surface area contributed by atoms with E-state index in [1.807, 2.05) is 60.7 Å². The Balaban J connectivity index is 1.15. The van der Waals surface area contributed by atoms with Crippen LogP contribution in [-0.2, 0) is 22.3 Å². The van der Waals surface area contributed by atoms with Gasteiger partial charge in [-0.25, -0.2) is 0 Å². The zero-order valence-electron chi connectivity index (χ0n) is 23.6. The smallest absolute Gasteiger partial charge is 0.231 e. The number of rotatable bonds is 12. The van der Waals surface area contributed by atoms with Gasteiger partial charge in [0.1, 0.15) is 0 Å². The lowest BCUT2D eigenvalue weighted by atomic mass is 9.99. The van der Waals surface area contributed by atoms with Gasteiger partial charge in [0, 0.05) is 63.0 Å². The molecule has 10 nitrogen and oxygen atoms in total. The Bertz CT molecular complexity index is 1250. The molecule has 2 aromatic carbocycles. The summed E-state index contributed by atoms with van der Waals surface area (Å²) >= 11 is 0. The Morgan fingerprint density at radius 3 is 2.29 bits per heavy atom. The van der Waals surface area contributed by atoms with Crippen molar-refractivity contribution in [1.29, 1.82) is 0 Å². The summed E-state index contributed by atoms with van der Waals surface area (Å²) in [5, 5.41) is 11.0. The van der Waals surface area contributed by atoms with Crippen molar-refractivity contribution in [3.63, 3.8) is 0 Å². The molecule has 2 N–H and O–H groups in total. The molecule has 218 valence electrons. The number of aryl methyl sites for hydroxylation is 2. The lowest BCUT2D eigenvalue weighted by molar-refractivity contribution is 0.0389. The number of hydrogen-bond donors (Lipinski definition) is 2. The summed E-state index contributed by atoms with van der Waals surface area (Å²) in [7, 11) is 0. The fourth-order valence-electron chi connectivity index (χ4n) is 4.93. The standard InChI is InChI=1S/C31H40N6O4/c38-30(26-6-2-1-3-7-26)27-8-4-5-25(23-27)9-10-28-24-29(41-35-28)34-31(32-11-13-36-15-19-39-20-16-36)33-12-14-37-17-21-40-22-18-37/h1-8,23-24H,9-22H2,(H2,32,33,34). The van der Waals surface area contributed by atoms with Gasteiger partial charge in [0.05, 0.1) is 38.7 Å². The highest BCUT2D eigenvalue weighted by atomic mass is 16.5. The number of carbonyl (C=O) groups excluding carboxylic acids is 1. The first kappa shape index (κ1) is 28.9. The third-order valence-corrected chi connectivity index (χ3v) is 7.31. The van der Waals surface area contributed by atoms with Gasteiger partial charge in [-0.2, -0.15) is 0 Å². The summed E-state index contributed by atoms with van der Waals surface area (Å²) in [4.78, 5) is 22.4. The van der Waals surface area contributed by atoms with Crippen LogP contribution in [0, 0.1) is 0 Å². The average molecular weight is 561 g/mol. The Hall–Kier alpha value is -3.57. The monoisotopic (exact) mass is 560 g/mol. The van der Waals surface area contributed by atoms with Gasteiger partial charge >= 0.3 is 0 Å². The summed E-state index contributed by atoms with van der Waals surface area (Å²) < 4.78 is 16.5. The molecule has 0 saturated carbocycles. The first-order valence-electron chi connectivity index (χ1n) is 14.5. The van der Waals surface area contributed by atoms with Gasteiger partial charge in [0.2, 0.25) is 5.88 Å². The van der Waals surface area contributed by atoms with Crippen LogP contribution < -0.4 is 10.6 Å². The third-order valence-electron chi connectivity index (χ3n) is 7.31. The van der Waals surface area contributed by atoms with E-state index in [9.17, 15) is 4.79 Å². The number of benzene rings is 2. The molecule has 3 heterocycles. The molecule has 1 aromatic heterocycles. The molecular formula is C31H40N6O4. The molecule has 2 fully saturated rings. The Morgan fingerprint density at radius 2 is 1.54 bits per heavy atom. The molecule has 0 spiro atoms. The van der Waals surface area contributed by atoms with Crippen LogP contribution in [0.15, 0.2) is 70.2 Å². The minimum Gasteiger partial charge on any atom is -0.379 e. The number of aliphatic imine (C=N–C) groups is 1. The molecule has 0 amide bonds. The second kappa shape index (κ2) is 15.4. The van der Waals surface area contributed by atoms with Gasteiger partial charge in [0.25, 0.3) is 0 Å². The van der Waals surface area contributed by atoms with Crippen molar-refractivity contribution in [2.24, 2.45) is 4.99 Å². The number of nitrogens with zero attached hydrogens (tertiary/aromatic N) is 4. The summed E-state index contributed by atoms with van der Waals surface area (Å²) in [5.74, 6) is 1.26. The highest BCUT2D eigenvalue weighted by molar-refractivity contribution is 6.09. The number of anilines is 1. The third kappa shape index (κ3) is 9.22. The highest BCUT2D eigenvalue weighted by Crippen LogP contribution is 2.16. The lowest BCUT2D eigenvalue weighted by Crippen LogP contribution is -2.43. The first-order valence-corrected chi connectivity index (χ1v) is 14.5. The van der Waals surface area contributed by atoms with Crippen molar-refractivity contribution < 1.29 is 18.8 Å². The SMILES string of the molecule is O=C(c1ccccc1)c1cccc(CCc2cc(NC(=NCCN3CCOCC3)NCCN3CCOCC3)on2)c1. The van der Waals surface area contributed by atoms with E-state index in [2.05, 4.69) is 25.6 Å². The maximum Gasteiger partial charge on any atom is 0.231 e. The molecule has 2 aliphatic rings. The first-order chi connectivity index (χ1) is 20.2. The van der Waals surface area contributed by atoms with Crippen molar-refractivity contribution >= 4 is 17.6 Å². The molecule has 10 heteroatoms. The van der Waals surface area contributed by atoms with E-state index in [0.717, 1.165) is 89.9 Å². The minimum atomic E-state index is 0.0296. The number of ketones is 1. The quantitative estimate of drug-likeness (QED) is 0.197. The van der Waals surface area contributed by atoms with E-state index in [1.54, 1.807) is 0 Å². The van der Waals surface area contributed by atoms with Crippen molar-refractivity contribution in [3.05, 3.63) is 83.0 Å². The van der Waals surface area contributed by atoms with Gasteiger partial charge in [-0.15, -0.1) is 0 Å². The maximum absolute atomic E-state index is 12.8. The van der Waals surface area contributed by atoms with Gasteiger partial charge in [-0.05, 0) is 24.5 Å². The Kier molecular flexibility index (Phi) is 10.9. The van der Waals surface area contributed by atoms with Crippen molar-refractivity contribution in [2.45, 2.75) is 12.8 Å². The minimum absolute atomic E-state index is 0.0296. The molecular weight excluding hydrogens is 520 g/mol. The average Bonchev–Trinajstić information content (AvgIpc) is 3.48. The normalized spacial score (nSPS) is 16.9. The molecule has 5 rings (SSSR count). The van der Waals surface area contributed by atoms with Crippen LogP contribution in [0.2, 0.25) is 0 Å². The van der Waals surface area contributed by atoms with Gasteiger partial charge in [0.15, 0.2) is 11.7 Å². The summed E-state index contributed by atoms with van der Waals surface area (Å²) in [6, 6.07) is 19.1. The number of guanidine groups is 1. The predicted molar refractivity (Wildman–Crippen MR) is 159 cm³/mol. The largest absolute Gasteiger partial charge is 0.379 e. The van der Waals surface area contributed by atoms with Crippen molar-refractivity contribution in [1.82, 2.24) is 20.3 Å². The fraction of sp³-hybridized carbons (Fsp3) is 0.452. The number of ether oxygens (including phenoxy) is 2. The van der Waals surface area contributed by atoms with Crippen LogP contribution in [0.3, 0.4) is 0 Å². The fourth-order valence-corrected chi connectivity index (χ4v) is 4.93. The summed E-state index contributed by atoms with van der Waals surface area (Å²) in [6.45, 7) is 10.2. The molecule has 0 bridgehead atoms. The zero-order chi connectivity index (χ0) is 28.1. The van der Waals surface area contributed by atoms with E-state index in [-0.39, 0.29) is 5.78 Å². The van der Waals surface area contributed by atoms with Crippen LogP contribution >= 0.6 is 0 Å². The van der Waals surface area contributed by atoms with Gasteiger partial charge in [-0.3, -0.25) is 24.9 Å². The Morgan fingerprint density at radius 1 is 0.829 bits per heavy atom. The van der Waals surface area contributed by atoms with Gasteiger partial charge in [-0.1, -0.05) is 53.7 Å². The summed E-state index contributed by atoms with van der Waals surface area (Å²) in [5.41, 5.74) is 3.31. The summed E-state index contributed by atoms with van der Waals surface area (Å²) in [6.07, 6.45) is 1.45. The molecule has 0 radical (unpaired) electrons. The second-order valence-electron chi connectivity index (χ2n) is 10.3. The van der Waals surface area contributed by atoms with E-state index >= 15 is 0 Å². The van der Waals surface area contributed by atoms with Crippen molar-refractivity contribution in [2.75, 3.05) is 84.1 Å². The van der Waals surface area contributed by atoms with Crippen LogP contribution in [0.1, 0.15) is 27.2 Å². The number of carbonyl (C=O) groups is 1. The lowest BCUT2D eigenvalue weighted by Gasteiger charge is -2.27. The predicted octanol–water partition coefficient (Wildman–Crippen LogP) is 2.71. The van der Waals surface area contributed by atoms with Crippen LogP contribution in [-0.4, -0.2) is 105 Å². The van der Waals surface area contributed by atoms with E-state index in [0.29, 0.717) is 35.9 Å². The number of nitrogens with one attached hydrogen (secondary N) is 2. The van der Waals surface area contributed by atoms with E-state index in [4.69, 9.17) is 19.0 Å².